The molecule has 2 aromatic carbocycles. The lowest BCUT2D eigenvalue weighted by Crippen LogP contribution is -2.37. The van der Waals surface area contributed by atoms with E-state index in [1.54, 1.807) is 7.11 Å². The molecular formula is C19H22ClFN2O3S. The average Bonchev–Trinajstić information content (AvgIpc) is 3.16. The summed E-state index contributed by atoms with van der Waals surface area (Å²) in [5.41, 5.74) is 0.983. The number of hydrogen-bond acceptors (Lipinski definition) is 4. The first kappa shape index (κ1) is 20.1. The Bertz CT molecular complexity index is 884. The number of ether oxygens (including phenoxy) is 1. The molecule has 27 heavy (non-hydrogen) atoms. The van der Waals surface area contributed by atoms with E-state index in [2.05, 4.69) is 9.62 Å². The largest absolute Gasteiger partial charge is 0.497 e. The minimum atomic E-state index is -3.99. The lowest BCUT2D eigenvalue weighted by atomic mass is 10.1. The minimum Gasteiger partial charge on any atom is -0.497 e. The van der Waals surface area contributed by atoms with Crippen LogP contribution in [0.5, 0.6) is 5.75 Å². The van der Waals surface area contributed by atoms with E-state index in [0.29, 0.717) is 0 Å². The van der Waals surface area contributed by atoms with Gasteiger partial charge in [-0.25, -0.2) is 17.5 Å². The molecule has 0 amide bonds. The van der Waals surface area contributed by atoms with Crippen molar-refractivity contribution < 1.29 is 17.5 Å². The Hall–Kier alpha value is -1.67. The number of nitrogens with zero attached hydrogens (tertiary/aromatic N) is 1. The molecule has 1 aliphatic rings. The van der Waals surface area contributed by atoms with E-state index >= 15 is 0 Å². The lowest BCUT2D eigenvalue weighted by Gasteiger charge is -2.28. The van der Waals surface area contributed by atoms with Crippen molar-refractivity contribution in [3.63, 3.8) is 0 Å². The highest BCUT2D eigenvalue weighted by Gasteiger charge is 2.27. The van der Waals surface area contributed by atoms with Crippen LogP contribution in [0.1, 0.15) is 24.4 Å². The Morgan fingerprint density at radius 1 is 1.19 bits per heavy atom. The minimum absolute atomic E-state index is 0.136. The second-order valence-electron chi connectivity index (χ2n) is 6.46. The Balaban J connectivity index is 1.81. The van der Waals surface area contributed by atoms with Crippen molar-refractivity contribution in [3.8, 4) is 5.75 Å². The zero-order chi connectivity index (χ0) is 19.4. The SMILES string of the molecule is COc1ccc(C(CNS(=O)(=O)c2ccc(Cl)cc2F)N2CCCC2)cc1. The van der Waals surface area contributed by atoms with Crippen molar-refractivity contribution >= 4 is 21.6 Å². The number of benzene rings is 2. The Morgan fingerprint density at radius 3 is 2.44 bits per heavy atom. The monoisotopic (exact) mass is 412 g/mol. The van der Waals surface area contributed by atoms with Crippen LogP contribution in [-0.2, 0) is 10.0 Å². The third-order valence-corrected chi connectivity index (χ3v) is 6.42. The molecule has 1 atom stereocenters. The summed E-state index contributed by atoms with van der Waals surface area (Å²) in [6.07, 6.45) is 2.15. The highest BCUT2D eigenvalue weighted by atomic mass is 35.5. The molecule has 0 aliphatic carbocycles. The number of hydrogen-bond donors (Lipinski definition) is 1. The predicted molar refractivity (Wildman–Crippen MR) is 103 cm³/mol. The van der Waals surface area contributed by atoms with E-state index in [0.717, 1.165) is 43.3 Å². The summed E-state index contributed by atoms with van der Waals surface area (Å²) in [6.45, 7) is 1.94. The van der Waals surface area contributed by atoms with E-state index < -0.39 is 20.7 Å². The van der Waals surface area contributed by atoms with Crippen molar-refractivity contribution in [3.05, 3.63) is 58.9 Å². The van der Waals surface area contributed by atoms with Crippen LogP contribution in [0, 0.1) is 5.82 Å². The third-order valence-electron chi connectivity index (χ3n) is 4.73. The van der Waals surface area contributed by atoms with Gasteiger partial charge >= 0.3 is 0 Å². The highest BCUT2D eigenvalue weighted by molar-refractivity contribution is 7.89. The van der Waals surface area contributed by atoms with Gasteiger partial charge in [0.2, 0.25) is 10.0 Å². The van der Waals surface area contributed by atoms with Crippen molar-refractivity contribution in [2.24, 2.45) is 0 Å². The van der Waals surface area contributed by atoms with Crippen LogP contribution in [-0.4, -0.2) is 40.1 Å². The smallest absolute Gasteiger partial charge is 0.243 e. The molecule has 8 heteroatoms. The molecule has 0 radical (unpaired) electrons. The van der Waals surface area contributed by atoms with Gasteiger partial charge in [-0.15, -0.1) is 0 Å². The van der Waals surface area contributed by atoms with Crippen LogP contribution in [0.3, 0.4) is 0 Å². The van der Waals surface area contributed by atoms with Gasteiger partial charge in [0.1, 0.15) is 16.5 Å². The molecule has 1 saturated heterocycles. The second kappa shape index (κ2) is 8.56. The number of rotatable bonds is 7. The fraction of sp³-hybridized carbons (Fsp3) is 0.368. The predicted octanol–water partition coefficient (Wildman–Crippen LogP) is 3.60. The Kier molecular flexibility index (Phi) is 6.37. The molecule has 5 nitrogen and oxygen atoms in total. The number of sulfonamides is 1. The summed E-state index contributed by atoms with van der Waals surface area (Å²) in [7, 11) is -2.39. The molecule has 0 bridgehead atoms. The molecule has 2 aromatic rings. The van der Waals surface area contributed by atoms with Gasteiger partial charge in [-0.05, 0) is 61.8 Å². The van der Waals surface area contributed by atoms with E-state index in [9.17, 15) is 12.8 Å². The zero-order valence-corrected chi connectivity index (χ0v) is 16.6. The molecule has 0 aromatic heterocycles. The first-order valence-electron chi connectivity index (χ1n) is 8.73. The molecule has 3 rings (SSSR count). The van der Waals surface area contributed by atoms with Crippen LogP contribution in [0.15, 0.2) is 47.4 Å². The molecule has 1 heterocycles. The number of halogens is 2. The van der Waals surface area contributed by atoms with Crippen LogP contribution >= 0.6 is 11.6 Å². The summed E-state index contributed by atoms with van der Waals surface area (Å²) in [4.78, 5) is 1.84. The zero-order valence-electron chi connectivity index (χ0n) is 15.0. The normalized spacial score (nSPS) is 16.4. The molecule has 1 aliphatic heterocycles. The van der Waals surface area contributed by atoms with Gasteiger partial charge in [-0.3, -0.25) is 4.90 Å². The third kappa shape index (κ3) is 4.79. The van der Waals surface area contributed by atoms with Gasteiger partial charge in [-0.1, -0.05) is 23.7 Å². The van der Waals surface area contributed by atoms with Crippen LogP contribution in [0.25, 0.3) is 0 Å². The molecule has 1 N–H and O–H groups in total. The van der Waals surface area contributed by atoms with Gasteiger partial charge in [0.05, 0.1) is 7.11 Å². The van der Waals surface area contributed by atoms with Crippen LogP contribution < -0.4 is 9.46 Å². The van der Waals surface area contributed by atoms with E-state index in [1.807, 2.05) is 24.3 Å². The molecule has 0 saturated carbocycles. The molecular weight excluding hydrogens is 391 g/mol. The Morgan fingerprint density at radius 2 is 1.85 bits per heavy atom. The molecule has 146 valence electrons. The summed E-state index contributed by atoms with van der Waals surface area (Å²) in [5, 5.41) is 0.152. The fourth-order valence-corrected chi connectivity index (χ4v) is 4.55. The Labute approximate surface area is 164 Å². The standard InChI is InChI=1S/C19H22ClFN2O3S/c1-26-16-7-4-14(5-8-16)18(23-10-2-3-11-23)13-22-27(24,25)19-9-6-15(20)12-17(19)21/h4-9,12,18,22H,2-3,10-11,13H2,1H3. The first-order chi connectivity index (χ1) is 12.9. The van der Waals surface area contributed by atoms with Crippen LogP contribution in [0.4, 0.5) is 4.39 Å². The number of methoxy groups -OCH3 is 1. The van der Waals surface area contributed by atoms with Crippen molar-refractivity contribution in [2.75, 3.05) is 26.7 Å². The number of nitrogens with one attached hydrogen (secondary N) is 1. The number of likely N-dealkylation sites (tertiary alicyclic amines) is 1. The van der Waals surface area contributed by atoms with Crippen LogP contribution in [0.2, 0.25) is 5.02 Å². The summed E-state index contributed by atoms with van der Waals surface area (Å²) in [5.74, 6) is -0.125. The second-order valence-corrected chi connectivity index (χ2v) is 8.63. The summed E-state index contributed by atoms with van der Waals surface area (Å²) in [6, 6.07) is 11.0. The van der Waals surface area contributed by atoms with Gasteiger partial charge in [0, 0.05) is 17.6 Å². The summed E-state index contributed by atoms with van der Waals surface area (Å²) >= 11 is 5.71. The van der Waals surface area contributed by atoms with E-state index in [-0.39, 0.29) is 17.6 Å². The van der Waals surface area contributed by atoms with Gasteiger partial charge in [0.25, 0.3) is 0 Å². The molecule has 0 spiro atoms. The molecule has 1 fully saturated rings. The van der Waals surface area contributed by atoms with E-state index in [1.165, 1.54) is 12.1 Å². The van der Waals surface area contributed by atoms with Gasteiger partial charge in [-0.2, -0.15) is 0 Å². The topological polar surface area (TPSA) is 58.6 Å². The maximum absolute atomic E-state index is 14.0. The molecule has 1 unspecified atom stereocenters. The van der Waals surface area contributed by atoms with Gasteiger partial charge in [0.15, 0.2) is 0 Å². The van der Waals surface area contributed by atoms with E-state index in [4.69, 9.17) is 16.3 Å². The lowest BCUT2D eigenvalue weighted by molar-refractivity contribution is 0.246. The van der Waals surface area contributed by atoms with Crippen molar-refractivity contribution in [1.29, 1.82) is 0 Å². The van der Waals surface area contributed by atoms with Crippen molar-refractivity contribution in [1.82, 2.24) is 9.62 Å². The quantitative estimate of drug-likeness (QED) is 0.754. The maximum atomic E-state index is 14.0. The fourth-order valence-electron chi connectivity index (χ4n) is 3.30. The van der Waals surface area contributed by atoms with Gasteiger partial charge < -0.3 is 4.74 Å². The first-order valence-corrected chi connectivity index (χ1v) is 10.6. The average molecular weight is 413 g/mol. The van der Waals surface area contributed by atoms with Crippen molar-refractivity contribution in [2.45, 2.75) is 23.8 Å². The highest BCUT2D eigenvalue weighted by Crippen LogP contribution is 2.27. The summed E-state index contributed by atoms with van der Waals surface area (Å²) < 4.78 is 47.0. The maximum Gasteiger partial charge on any atom is 0.243 e.